The van der Waals surface area contributed by atoms with Crippen LogP contribution in [0.15, 0.2) is 18.2 Å². The fourth-order valence-corrected chi connectivity index (χ4v) is 6.04. The molecule has 1 N–H and O–H groups in total. The molecule has 3 fully saturated rings. The number of methoxy groups -OCH3 is 1. The van der Waals surface area contributed by atoms with Crippen molar-refractivity contribution in [2.45, 2.75) is 49.6 Å². The highest BCUT2D eigenvalue weighted by atomic mass is 16.5. The van der Waals surface area contributed by atoms with E-state index in [1.54, 1.807) is 12.7 Å². The fraction of sp³-hybridized carbons (Fsp3) is 0.667. The Kier molecular flexibility index (Phi) is 2.44. The van der Waals surface area contributed by atoms with Crippen LogP contribution in [-0.2, 0) is 5.41 Å². The average Bonchev–Trinajstić information content (AvgIpc) is 3.08. The van der Waals surface area contributed by atoms with Crippen molar-refractivity contribution in [1.82, 2.24) is 4.90 Å². The van der Waals surface area contributed by atoms with E-state index < -0.39 is 0 Å². The molecule has 4 aliphatic rings. The standard InChI is InChI=1S/C18H24N2O/c1-21-14-6-2-5-13-16(14)19-15-8-7-12-4-3-10-20-11-9-18(13,15)17(12)20/h2,5-6,12,15,17,19H,3-4,7-11H2,1H3. The van der Waals surface area contributed by atoms with E-state index in [1.165, 1.54) is 50.9 Å². The van der Waals surface area contributed by atoms with Crippen molar-refractivity contribution in [3.8, 4) is 5.75 Å². The van der Waals surface area contributed by atoms with Crippen molar-refractivity contribution in [1.29, 1.82) is 0 Å². The van der Waals surface area contributed by atoms with E-state index in [9.17, 15) is 0 Å². The summed E-state index contributed by atoms with van der Waals surface area (Å²) in [4.78, 5) is 2.80. The van der Waals surface area contributed by atoms with Gasteiger partial charge in [-0.3, -0.25) is 4.90 Å². The first kappa shape index (κ1) is 12.3. The van der Waals surface area contributed by atoms with Gasteiger partial charge in [0.2, 0.25) is 0 Å². The van der Waals surface area contributed by atoms with Gasteiger partial charge in [-0.25, -0.2) is 0 Å². The molecule has 4 atom stereocenters. The predicted molar refractivity (Wildman–Crippen MR) is 84.0 cm³/mol. The van der Waals surface area contributed by atoms with E-state index in [1.807, 2.05) is 0 Å². The number of nitrogens with one attached hydrogen (secondary N) is 1. The molecule has 21 heavy (non-hydrogen) atoms. The lowest BCUT2D eigenvalue weighted by atomic mass is 9.60. The van der Waals surface area contributed by atoms with Crippen molar-refractivity contribution in [2.75, 3.05) is 25.5 Å². The molecule has 3 heteroatoms. The topological polar surface area (TPSA) is 24.5 Å². The normalized spacial score (nSPS) is 40.1. The second-order valence-electron chi connectivity index (χ2n) is 7.33. The number of fused-ring (bicyclic) bond motifs is 1. The van der Waals surface area contributed by atoms with Crippen LogP contribution < -0.4 is 10.1 Å². The summed E-state index contributed by atoms with van der Waals surface area (Å²) in [7, 11) is 1.79. The Labute approximate surface area is 126 Å². The third-order valence-corrected chi connectivity index (χ3v) is 6.71. The lowest BCUT2D eigenvalue weighted by Crippen LogP contribution is -2.58. The minimum Gasteiger partial charge on any atom is -0.495 e. The summed E-state index contributed by atoms with van der Waals surface area (Å²) in [5, 5.41) is 3.86. The third kappa shape index (κ3) is 1.39. The Morgan fingerprint density at radius 2 is 2.19 bits per heavy atom. The van der Waals surface area contributed by atoms with Crippen LogP contribution in [0, 0.1) is 5.92 Å². The molecule has 3 nitrogen and oxygen atoms in total. The summed E-state index contributed by atoms with van der Waals surface area (Å²) in [6.07, 6.45) is 6.89. The molecule has 112 valence electrons. The van der Waals surface area contributed by atoms with Gasteiger partial charge in [0.15, 0.2) is 0 Å². The zero-order valence-electron chi connectivity index (χ0n) is 12.8. The molecule has 1 spiro atoms. The van der Waals surface area contributed by atoms with Gasteiger partial charge in [0.1, 0.15) is 5.75 Å². The van der Waals surface area contributed by atoms with E-state index in [0.717, 1.165) is 17.7 Å². The fourth-order valence-electron chi connectivity index (χ4n) is 6.04. The summed E-state index contributed by atoms with van der Waals surface area (Å²) >= 11 is 0. The lowest BCUT2D eigenvalue weighted by Gasteiger charge is -2.50. The number of benzene rings is 1. The van der Waals surface area contributed by atoms with Crippen LogP contribution in [-0.4, -0.2) is 37.2 Å². The Bertz CT molecular complexity index is 587. The molecule has 2 saturated heterocycles. The Morgan fingerprint density at radius 3 is 3.10 bits per heavy atom. The molecule has 1 aromatic carbocycles. The smallest absolute Gasteiger partial charge is 0.142 e. The minimum atomic E-state index is 0.354. The summed E-state index contributed by atoms with van der Waals surface area (Å²) in [6.45, 7) is 2.60. The molecule has 0 radical (unpaired) electrons. The van der Waals surface area contributed by atoms with E-state index in [4.69, 9.17) is 4.74 Å². The maximum absolute atomic E-state index is 5.63. The molecule has 0 aromatic heterocycles. The van der Waals surface area contributed by atoms with Gasteiger partial charge < -0.3 is 10.1 Å². The van der Waals surface area contributed by atoms with E-state index in [-0.39, 0.29) is 0 Å². The number of nitrogens with zero attached hydrogens (tertiary/aromatic N) is 1. The lowest BCUT2D eigenvalue weighted by molar-refractivity contribution is 0.0548. The van der Waals surface area contributed by atoms with Gasteiger partial charge in [0, 0.05) is 17.5 Å². The van der Waals surface area contributed by atoms with Gasteiger partial charge in [0.25, 0.3) is 0 Å². The highest BCUT2D eigenvalue weighted by molar-refractivity contribution is 5.71. The van der Waals surface area contributed by atoms with Crippen LogP contribution in [0.2, 0.25) is 0 Å². The first-order valence-electron chi connectivity index (χ1n) is 8.52. The van der Waals surface area contributed by atoms with E-state index in [0.29, 0.717) is 11.5 Å². The quantitative estimate of drug-likeness (QED) is 0.858. The number of rotatable bonds is 1. The summed E-state index contributed by atoms with van der Waals surface area (Å²) in [6, 6.07) is 8.04. The van der Waals surface area contributed by atoms with Crippen molar-refractivity contribution in [3.05, 3.63) is 23.8 Å². The van der Waals surface area contributed by atoms with Crippen molar-refractivity contribution in [3.63, 3.8) is 0 Å². The number of piperidine rings is 1. The highest BCUT2D eigenvalue weighted by Gasteiger charge is 2.62. The first-order valence-corrected chi connectivity index (χ1v) is 8.52. The number of anilines is 1. The third-order valence-electron chi connectivity index (χ3n) is 6.71. The molecule has 0 amide bonds. The Balaban J connectivity index is 1.70. The second kappa shape index (κ2) is 4.16. The number of hydrogen-bond donors (Lipinski definition) is 1. The molecule has 3 aliphatic heterocycles. The molecule has 1 aromatic rings. The Hall–Kier alpha value is -1.22. The molecule has 0 bridgehead atoms. The van der Waals surface area contributed by atoms with Crippen molar-refractivity contribution in [2.24, 2.45) is 5.92 Å². The van der Waals surface area contributed by atoms with Crippen LogP contribution in [0.3, 0.4) is 0 Å². The molecular formula is C18H24N2O. The minimum absolute atomic E-state index is 0.354. The first-order chi connectivity index (χ1) is 10.3. The summed E-state index contributed by atoms with van der Waals surface area (Å²) < 4.78 is 5.63. The van der Waals surface area contributed by atoms with Crippen molar-refractivity contribution < 1.29 is 4.74 Å². The monoisotopic (exact) mass is 284 g/mol. The SMILES string of the molecule is COc1cccc2c1NC1CCC3CCCN4CCC21C34. The van der Waals surface area contributed by atoms with Gasteiger partial charge in [-0.05, 0) is 62.7 Å². The molecule has 4 unspecified atom stereocenters. The Morgan fingerprint density at radius 1 is 1.24 bits per heavy atom. The average molecular weight is 284 g/mol. The zero-order chi connectivity index (χ0) is 14.0. The largest absolute Gasteiger partial charge is 0.495 e. The molecule has 1 aliphatic carbocycles. The van der Waals surface area contributed by atoms with Crippen LogP contribution in [0.1, 0.15) is 37.7 Å². The molecule has 5 rings (SSSR count). The number of para-hydroxylation sites is 1. The van der Waals surface area contributed by atoms with E-state index in [2.05, 4.69) is 28.4 Å². The van der Waals surface area contributed by atoms with Gasteiger partial charge in [0.05, 0.1) is 12.8 Å². The van der Waals surface area contributed by atoms with Gasteiger partial charge >= 0.3 is 0 Å². The molecule has 1 saturated carbocycles. The van der Waals surface area contributed by atoms with Crippen molar-refractivity contribution >= 4 is 5.69 Å². The zero-order valence-corrected chi connectivity index (χ0v) is 12.8. The van der Waals surface area contributed by atoms with Crippen LogP contribution in [0.25, 0.3) is 0 Å². The van der Waals surface area contributed by atoms with Gasteiger partial charge in [-0.2, -0.15) is 0 Å². The number of hydrogen-bond acceptors (Lipinski definition) is 3. The van der Waals surface area contributed by atoms with Crippen LogP contribution in [0.5, 0.6) is 5.75 Å². The maximum Gasteiger partial charge on any atom is 0.142 e. The molecule has 3 heterocycles. The maximum atomic E-state index is 5.63. The molecular weight excluding hydrogens is 260 g/mol. The summed E-state index contributed by atoms with van der Waals surface area (Å²) in [5.74, 6) is 1.94. The predicted octanol–water partition coefficient (Wildman–Crippen LogP) is 3.01. The van der Waals surface area contributed by atoms with Crippen LogP contribution >= 0.6 is 0 Å². The van der Waals surface area contributed by atoms with Crippen LogP contribution in [0.4, 0.5) is 5.69 Å². The van der Waals surface area contributed by atoms with Gasteiger partial charge in [-0.1, -0.05) is 12.1 Å². The van der Waals surface area contributed by atoms with E-state index >= 15 is 0 Å². The van der Waals surface area contributed by atoms with Gasteiger partial charge in [-0.15, -0.1) is 0 Å². The highest BCUT2D eigenvalue weighted by Crippen LogP contribution is 2.60. The number of ether oxygens (including phenoxy) is 1. The summed E-state index contributed by atoms with van der Waals surface area (Å²) in [5.41, 5.74) is 3.19. The second-order valence-corrected chi connectivity index (χ2v) is 7.33.